The van der Waals surface area contributed by atoms with Gasteiger partial charge in [0.15, 0.2) is 0 Å². The second-order valence-electron chi connectivity index (χ2n) is 7.73. The van der Waals surface area contributed by atoms with Crippen molar-refractivity contribution in [3.63, 3.8) is 0 Å². The normalized spacial score (nSPS) is 14.1. The molecule has 1 aliphatic rings. The number of rotatable bonds is 8. The molecule has 1 heterocycles. The van der Waals surface area contributed by atoms with Gasteiger partial charge in [0, 0.05) is 39.2 Å². The van der Waals surface area contributed by atoms with Gasteiger partial charge in [-0.2, -0.15) is 24.3 Å². The fourth-order valence-corrected chi connectivity index (χ4v) is 4.61. The van der Waals surface area contributed by atoms with E-state index < -0.39 is 0 Å². The molecule has 1 aliphatic heterocycles. The topological polar surface area (TPSA) is 6.48 Å². The van der Waals surface area contributed by atoms with Crippen molar-refractivity contribution in [3.05, 3.63) is 59.7 Å². The minimum absolute atomic E-state index is 0. The zero-order valence-corrected chi connectivity index (χ0v) is 19.4. The predicted molar refractivity (Wildman–Crippen MR) is 118 cm³/mol. The molecule has 28 heavy (non-hydrogen) atoms. The number of hydrogen-bond donors (Lipinski definition) is 0. The molecular weight excluding hydrogens is 435 g/mol. The molecule has 0 bridgehead atoms. The third-order valence-electron chi connectivity index (χ3n) is 6.28. The van der Waals surface area contributed by atoms with E-state index >= 15 is 0 Å². The number of benzene rings is 2. The Balaban J connectivity index is 0.00000280. The van der Waals surface area contributed by atoms with Gasteiger partial charge in [0.25, 0.3) is 0 Å². The van der Waals surface area contributed by atoms with Crippen molar-refractivity contribution in [3.8, 4) is 0 Å². The van der Waals surface area contributed by atoms with Crippen LogP contribution in [0.25, 0.3) is 0 Å². The Kier molecular flexibility index (Phi) is 9.06. The summed E-state index contributed by atoms with van der Waals surface area (Å²) in [6, 6.07) is 18.8. The average Bonchev–Trinajstić information content (AvgIpc) is 3.20. The number of anilines is 2. The quantitative estimate of drug-likeness (QED) is 0.318. The Bertz CT molecular complexity index is 677. The van der Waals surface area contributed by atoms with Crippen molar-refractivity contribution in [2.24, 2.45) is 0 Å². The van der Waals surface area contributed by atoms with E-state index in [1.807, 2.05) is 12.1 Å². The zero-order valence-electron chi connectivity index (χ0n) is 17.9. The van der Waals surface area contributed by atoms with Crippen LogP contribution in [-0.2, 0) is 20.4 Å². The summed E-state index contributed by atoms with van der Waals surface area (Å²) in [5.74, 6) is 1.29. The Morgan fingerprint density at radius 1 is 0.786 bits per heavy atom. The molecule has 1 fully saturated rings. The van der Waals surface area contributed by atoms with Crippen LogP contribution in [0.15, 0.2) is 42.5 Å². The first-order valence-electron chi connectivity index (χ1n) is 10.8. The molecule has 0 spiro atoms. The summed E-state index contributed by atoms with van der Waals surface area (Å²) < 4.78 is 0. The van der Waals surface area contributed by atoms with Gasteiger partial charge >= 0.3 is 0 Å². The van der Waals surface area contributed by atoms with Crippen molar-refractivity contribution >= 4 is 11.4 Å². The average molecular weight is 470 g/mol. The summed E-state index contributed by atoms with van der Waals surface area (Å²) in [6.45, 7) is 12.4. The van der Waals surface area contributed by atoms with Crippen LogP contribution in [0.2, 0.25) is 0 Å². The first kappa shape index (κ1) is 23.0. The van der Waals surface area contributed by atoms with E-state index in [-0.39, 0.29) is 20.4 Å². The van der Waals surface area contributed by atoms with E-state index in [2.05, 4.69) is 73.9 Å². The molecule has 3 heteroatoms. The SMILES string of the molecule is CCC(CC)c1cccc(C(CC)CC)c1N1CCN(c2[c-]cccc2)C1.[Pd]. The van der Waals surface area contributed by atoms with Crippen LogP contribution >= 0.6 is 0 Å². The molecule has 0 amide bonds. The van der Waals surface area contributed by atoms with Crippen LogP contribution in [0.3, 0.4) is 0 Å². The van der Waals surface area contributed by atoms with Crippen LogP contribution in [0.4, 0.5) is 11.4 Å². The van der Waals surface area contributed by atoms with E-state index in [1.165, 1.54) is 37.1 Å². The van der Waals surface area contributed by atoms with Gasteiger partial charge in [-0.05, 0) is 48.6 Å². The van der Waals surface area contributed by atoms with Gasteiger partial charge < -0.3 is 9.80 Å². The third-order valence-corrected chi connectivity index (χ3v) is 6.28. The zero-order chi connectivity index (χ0) is 19.2. The summed E-state index contributed by atoms with van der Waals surface area (Å²) in [6.07, 6.45) is 4.83. The van der Waals surface area contributed by atoms with Crippen LogP contribution in [0, 0.1) is 6.07 Å². The Morgan fingerprint density at radius 3 is 1.86 bits per heavy atom. The minimum Gasteiger partial charge on any atom is -0.375 e. The molecule has 2 aromatic carbocycles. The first-order valence-corrected chi connectivity index (χ1v) is 10.8. The van der Waals surface area contributed by atoms with Crippen LogP contribution in [-0.4, -0.2) is 19.8 Å². The molecule has 0 radical (unpaired) electrons. The van der Waals surface area contributed by atoms with E-state index in [0.29, 0.717) is 11.8 Å². The summed E-state index contributed by atoms with van der Waals surface area (Å²) in [5.41, 5.74) is 5.86. The van der Waals surface area contributed by atoms with Gasteiger partial charge in [-0.1, -0.05) is 51.6 Å². The van der Waals surface area contributed by atoms with Gasteiger partial charge in [-0.3, -0.25) is 0 Å². The van der Waals surface area contributed by atoms with Crippen molar-refractivity contribution in [1.82, 2.24) is 0 Å². The van der Waals surface area contributed by atoms with Gasteiger partial charge in [-0.25, -0.2) is 0 Å². The number of nitrogens with zero attached hydrogens (tertiary/aromatic N) is 2. The second kappa shape index (κ2) is 11.0. The van der Waals surface area contributed by atoms with E-state index in [0.717, 1.165) is 19.8 Å². The van der Waals surface area contributed by atoms with Crippen LogP contribution < -0.4 is 9.80 Å². The number of hydrogen-bond acceptors (Lipinski definition) is 2. The van der Waals surface area contributed by atoms with Crippen molar-refractivity contribution in [2.75, 3.05) is 29.6 Å². The maximum atomic E-state index is 3.40. The molecule has 156 valence electrons. The molecule has 0 saturated carbocycles. The number of para-hydroxylation sites is 2. The fourth-order valence-electron chi connectivity index (χ4n) is 4.61. The molecular formula is C25H35N2Pd-. The molecule has 0 aromatic heterocycles. The smallest absolute Gasteiger partial charge is 0.0885 e. The Hall–Kier alpha value is -1.30. The van der Waals surface area contributed by atoms with Crippen molar-refractivity contribution < 1.29 is 20.4 Å². The van der Waals surface area contributed by atoms with E-state index in [4.69, 9.17) is 0 Å². The molecule has 0 N–H and O–H groups in total. The summed E-state index contributed by atoms with van der Waals surface area (Å²) in [4.78, 5) is 5.09. The van der Waals surface area contributed by atoms with E-state index in [1.54, 1.807) is 11.1 Å². The largest absolute Gasteiger partial charge is 0.375 e. The summed E-state index contributed by atoms with van der Waals surface area (Å²) in [5, 5.41) is 0. The summed E-state index contributed by atoms with van der Waals surface area (Å²) >= 11 is 0. The first-order chi connectivity index (χ1) is 13.2. The van der Waals surface area contributed by atoms with Crippen molar-refractivity contribution in [2.45, 2.75) is 65.2 Å². The third kappa shape index (κ3) is 4.81. The maximum Gasteiger partial charge on any atom is 0.0885 e. The van der Waals surface area contributed by atoms with Crippen molar-refractivity contribution in [1.29, 1.82) is 0 Å². The molecule has 0 aliphatic carbocycles. The Labute approximate surface area is 186 Å². The van der Waals surface area contributed by atoms with Gasteiger partial charge in [-0.15, -0.1) is 6.07 Å². The molecule has 2 nitrogen and oxygen atoms in total. The Morgan fingerprint density at radius 2 is 1.36 bits per heavy atom. The molecule has 0 atom stereocenters. The summed E-state index contributed by atoms with van der Waals surface area (Å²) in [7, 11) is 0. The second-order valence-corrected chi connectivity index (χ2v) is 7.73. The molecule has 2 aromatic rings. The maximum absolute atomic E-state index is 3.40. The standard InChI is InChI=1S/C25H35N2.Pd/c1-5-20(6-2)23-15-12-16-24(21(7-3)8-4)25(23)27-18-17-26(19-27)22-13-10-9-11-14-22;/h9-13,15-16,20-21H,5-8,17-19H2,1-4H3;/q-1;. The van der Waals surface area contributed by atoms with Gasteiger partial charge in [0.1, 0.15) is 0 Å². The minimum atomic E-state index is 0. The van der Waals surface area contributed by atoms with Crippen LogP contribution in [0.1, 0.15) is 76.3 Å². The fraction of sp³-hybridized carbons (Fsp3) is 0.520. The monoisotopic (exact) mass is 469 g/mol. The van der Waals surface area contributed by atoms with Crippen LogP contribution in [0.5, 0.6) is 0 Å². The molecule has 0 unspecified atom stereocenters. The molecule has 1 saturated heterocycles. The predicted octanol–water partition coefficient (Wildman–Crippen LogP) is 6.58. The van der Waals surface area contributed by atoms with Gasteiger partial charge in [0.2, 0.25) is 0 Å². The molecule has 3 rings (SSSR count). The van der Waals surface area contributed by atoms with Gasteiger partial charge in [0.05, 0.1) is 6.67 Å². The van der Waals surface area contributed by atoms with E-state index in [9.17, 15) is 0 Å².